The number of hydrogen-bond acceptors (Lipinski definition) is 5. The van der Waals surface area contributed by atoms with Crippen LogP contribution in [0, 0.1) is 0 Å². The van der Waals surface area contributed by atoms with Crippen LogP contribution >= 0.6 is 0 Å². The number of rotatable bonds is 3. The van der Waals surface area contributed by atoms with Crippen LogP contribution in [0.25, 0.3) is 0 Å². The SMILES string of the molecule is O=[SH](=O)CN1CCc2cc(B(O)O)ccc2C1. The van der Waals surface area contributed by atoms with Crippen LogP contribution in [-0.4, -0.2) is 42.9 Å². The molecule has 2 N–H and O–H groups in total. The normalized spacial score (nSPS) is 15.9. The van der Waals surface area contributed by atoms with Crippen molar-refractivity contribution in [3.8, 4) is 0 Å². The molecule has 7 heteroatoms. The van der Waals surface area contributed by atoms with E-state index in [-0.39, 0.29) is 5.88 Å². The zero-order valence-electron chi connectivity index (χ0n) is 9.24. The van der Waals surface area contributed by atoms with Crippen molar-refractivity contribution in [2.24, 2.45) is 0 Å². The Morgan fingerprint density at radius 3 is 2.71 bits per heavy atom. The van der Waals surface area contributed by atoms with E-state index in [1.165, 1.54) is 0 Å². The smallest absolute Gasteiger partial charge is 0.423 e. The van der Waals surface area contributed by atoms with Gasteiger partial charge in [0.15, 0.2) is 10.7 Å². The van der Waals surface area contributed by atoms with Gasteiger partial charge in [-0.3, -0.25) is 4.90 Å². The van der Waals surface area contributed by atoms with Gasteiger partial charge in [-0.2, -0.15) is 0 Å². The Balaban J connectivity index is 2.17. The third-order valence-corrected chi connectivity index (χ3v) is 3.57. The molecule has 2 rings (SSSR count). The van der Waals surface area contributed by atoms with Crippen LogP contribution in [0.3, 0.4) is 0 Å². The summed E-state index contributed by atoms with van der Waals surface area (Å²) < 4.78 is 21.3. The van der Waals surface area contributed by atoms with E-state index in [0.717, 1.165) is 17.5 Å². The first-order chi connectivity index (χ1) is 8.06. The summed E-state index contributed by atoms with van der Waals surface area (Å²) in [5.41, 5.74) is 2.59. The summed E-state index contributed by atoms with van der Waals surface area (Å²) >= 11 is 0. The van der Waals surface area contributed by atoms with Crippen LogP contribution in [0.1, 0.15) is 11.1 Å². The molecule has 5 nitrogen and oxygen atoms in total. The van der Waals surface area contributed by atoms with E-state index in [9.17, 15) is 8.42 Å². The summed E-state index contributed by atoms with van der Waals surface area (Å²) in [5, 5.41) is 18.1. The van der Waals surface area contributed by atoms with Crippen molar-refractivity contribution >= 4 is 23.3 Å². The lowest BCUT2D eigenvalue weighted by atomic mass is 9.78. The average molecular weight is 255 g/mol. The zero-order valence-corrected chi connectivity index (χ0v) is 10.1. The number of hydrogen-bond donors (Lipinski definition) is 3. The third-order valence-electron chi connectivity index (χ3n) is 2.94. The van der Waals surface area contributed by atoms with Gasteiger partial charge in [0, 0.05) is 13.1 Å². The Bertz CT molecular complexity index is 481. The second-order valence-corrected chi connectivity index (χ2v) is 5.13. The highest BCUT2D eigenvalue weighted by molar-refractivity contribution is 7.72. The summed E-state index contributed by atoms with van der Waals surface area (Å²) in [4.78, 5) is 1.86. The predicted molar refractivity (Wildman–Crippen MR) is 65.6 cm³/mol. The van der Waals surface area contributed by atoms with Gasteiger partial charge in [0.25, 0.3) is 0 Å². The van der Waals surface area contributed by atoms with Crippen LogP contribution in [0.15, 0.2) is 18.2 Å². The average Bonchev–Trinajstić information content (AvgIpc) is 2.27. The van der Waals surface area contributed by atoms with Crippen molar-refractivity contribution in [1.29, 1.82) is 0 Å². The molecule has 0 aliphatic carbocycles. The lowest BCUT2D eigenvalue weighted by Crippen LogP contribution is -2.35. The minimum atomic E-state index is -2.38. The molecule has 0 radical (unpaired) electrons. The summed E-state index contributed by atoms with van der Waals surface area (Å²) in [6.07, 6.45) is 0.735. The fourth-order valence-corrected chi connectivity index (χ4v) is 2.64. The van der Waals surface area contributed by atoms with Crippen LogP contribution in [0.5, 0.6) is 0 Å². The second kappa shape index (κ2) is 5.18. The van der Waals surface area contributed by atoms with Crippen molar-refractivity contribution in [2.75, 3.05) is 12.4 Å². The lowest BCUT2D eigenvalue weighted by molar-refractivity contribution is 0.295. The van der Waals surface area contributed by atoms with Crippen molar-refractivity contribution < 1.29 is 18.5 Å². The topological polar surface area (TPSA) is 77.8 Å². The van der Waals surface area contributed by atoms with Gasteiger partial charge < -0.3 is 10.0 Å². The fourth-order valence-electron chi connectivity index (χ4n) is 2.08. The van der Waals surface area contributed by atoms with E-state index in [1.54, 1.807) is 12.1 Å². The molecular formula is C10H14BNO4S. The first-order valence-corrected chi connectivity index (χ1v) is 6.74. The Morgan fingerprint density at radius 2 is 2.06 bits per heavy atom. The Labute approximate surface area is 102 Å². The molecule has 92 valence electrons. The molecule has 0 fully saturated rings. The number of nitrogens with zero attached hydrogens (tertiary/aromatic N) is 1. The van der Waals surface area contributed by atoms with Crippen LogP contribution in [0.4, 0.5) is 0 Å². The molecule has 0 atom stereocenters. The summed E-state index contributed by atoms with van der Waals surface area (Å²) in [5.74, 6) is 0.0825. The highest BCUT2D eigenvalue weighted by Gasteiger charge is 2.19. The van der Waals surface area contributed by atoms with Gasteiger partial charge in [0.2, 0.25) is 0 Å². The van der Waals surface area contributed by atoms with Crippen LogP contribution in [0.2, 0.25) is 0 Å². The molecule has 1 aliphatic rings. The van der Waals surface area contributed by atoms with E-state index >= 15 is 0 Å². The van der Waals surface area contributed by atoms with Gasteiger partial charge in [-0.05, 0) is 23.0 Å². The summed E-state index contributed by atoms with van der Waals surface area (Å²) in [6, 6.07) is 5.26. The minimum Gasteiger partial charge on any atom is -0.423 e. The molecule has 0 spiro atoms. The van der Waals surface area contributed by atoms with E-state index in [0.29, 0.717) is 18.6 Å². The van der Waals surface area contributed by atoms with E-state index in [2.05, 4.69) is 0 Å². The molecule has 17 heavy (non-hydrogen) atoms. The maximum absolute atomic E-state index is 10.7. The molecule has 0 amide bonds. The monoisotopic (exact) mass is 255 g/mol. The van der Waals surface area contributed by atoms with Crippen molar-refractivity contribution in [3.05, 3.63) is 29.3 Å². The van der Waals surface area contributed by atoms with Crippen LogP contribution < -0.4 is 5.46 Å². The highest BCUT2D eigenvalue weighted by Crippen LogP contribution is 2.17. The van der Waals surface area contributed by atoms with Crippen molar-refractivity contribution in [2.45, 2.75) is 13.0 Å². The Morgan fingerprint density at radius 1 is 1.29 bits per heavy atom. The third kappa shape index (κ3) is 3.07. The predicted octanol–water partition coefficient (Wildman–Crippen LogP) is -1.71. The molecule has 1 aromatic carbocycles. The maximum atomic E-state index is 10.7. The fraction of sp³-hybridized carbons (Fsp3) is 0.400. The highest BCUT2D eigenvalue weighted by atomic mass is 32.2. The first-order valence-electron chi connectivity index (χ1n) is 5.38. The molecule has 0 unspecified atom stereocenters. The van der Waals surface area contributed by atoms with E-state index in [4.69, 9.17) is 10.0 Å². The molecule has 1 aliphatic heterocycles. The van der Waals surface area contributed by atoms with Crippen molar-refractivity contribution in [3.63, 3.8) is 0 Å². The molecule has 0 saturated heterocycles. The molecule has 0 aromatic heterocycles. The molecule has 0 saturated carbocycles. The van der Waals surface area contributed by atoms with Gasteiger partial charge in [0.1, 0.15) is 0 Å². The Hall–Kier alpha value is -0.885. The van der Waals surface area contributed by atoms with Crippen LogP contribution in [-0.2, 0) is 23.7 Å². The summed E-state index contributed by atoms with van der Waals surface area (Å²) in [6.45, 7) is 1.28. The van der Waals surface area contributed by atoms with Crippen molar-refractivity contribution in [1.82, 2.24) is 4.90 Å². The van der Waals surface area contributed by atoms with Gasteiger partial charge in [0.05, 0.1) is 5.88 Å². The quantitative estimate of drug-likeness (QED) is 0.443. The first kappa shape index (κ1) is 12.6. The van der Waals surface area contributed by atoms with Gasteiger partial charge >= 0.3 is 7.12 Å². The molecular weight excluding hydrogens is 241 g/mol. The van der Waals surface area contributed by atoms with Gasteiger partial charge in [-0.25, -0.2) is 8.42 Å². The standard InChI is InChI=1S/C10H14BNO4S/c13-11(14)10-2-1-9-6-12(7-17(15)16)4-3-8(9)5-10/h1-2,5,13-14,17H,3-4,6-7H2. The maximum Gasteiger partial charge on any atom is 0.488 e. The van der Waals surface area contributed by atoms with E-state index in [1.807, 2.05) is 11.0 Å². The number of benzene rings is 1. The molecule has 0 bridgehead atoms. The summed E-state index contributed by atoms with van der Waals surface area (Å²) in [7, 11) is -3.83. The Kier molecular flexibility index (Phi) is 3.83. The number of fused-ring (bicyclic) bond motifs is 1. The van der Waals surface area contributed by atoms with E-state index < -0.39 is 17.8 Å². The largest absolute Gasteiger partial charge is 0.488 e. The molecule has 1 aromatic rings. The number of thiol groups is 1. The van der Waals surface area contributed by atoms with Gasteiger partial charge in [-0.15, -0.1) is 0 Å². The zero-order chi connectivity index (χ0) is 12.4. The minimum absolute atomic E-state index is 0.0825. The lowest BCUT2D eigenvalue weighted by Gasteiger charge is -2.27. The second-order valence-electron chi connectivity index (χ2n) is 4.18. The molecule has 1 heterocycles. The van der Waals surface area contributed by atoms with Gasteiger partial charge in [-0.1, -0.05) is 18.2 Å².